The lowest BCUT2D eigenvalue weighted by molar-refractivity contribution is 0.0989. The molecule has 0 radical (unpaired) electrons. The van der Waals surface area contributed by atoms with E-state index in [1.54, 1.807) is 23.1 Å². The maximum atomic E-state index is 12.7. The van der Waals surface area contributed by atoms with Crippen molar-refractivity contribution in [2.45, 2.75) is 10.6 Å². The first kappa shape index (κ1) is 12.3. The topological polar surface area (TPSA) is 17.1 Å². The third-order valence-electron chi connectivity index (χ3n) is 2.23. The number of thioether (sulfide) groups is 1. The number of hydrogen-bond donors (Lipinski definition) is 0. The predicted octanol–water partition coefficient (Wildman–Crippen LogP) is 4.25. The van der Waals surface area contributed by atoms with Crippen LogP contribution in [-0.4, -0.2) is 11.5 Å². The van der Waals surface area contributed by atoms with Gasteiger partial charge in [-0.2, -0.15) is 0 Å². The molecule has 1 heterocycles. The minimum absolute atomic E-state index is 0.0639. The van der Waals surface area contributed by atoms with E-state index < -0.39 is 0 Å². The molecule has 2 rings (SSSR count). The largest absolute Gasteiger partial charge is 0.294 e. The zero-order chi connectivity index (χ0) is 12.1. The summed E-state index contributed by atoms with van der Waals surface area (Å²) in [5.74, 6) is 0.514. The first-order valence-corrected chi connectivity index (χ1v) is 7.07. The summed E-state index contributed by atoms with van der Waals surface area (Å²) in [5.41, 5.74) is 0.582. The van der Waals surface area contributed by atoms with Gasteiger partial charge in [0.1, 0.15) is 5.82 Å². The molecule has 0 fully saturated rings. The quantitative estimate of drug-likeness (QED) is 0.594. The Kier molecular flexibility index (Phi) is 4.34. The van der Waals surface area contributed by atoms with Gasteiger partial charge in [-0.3, -0.25) is 4.79 Å². The van der Waals surface area contributed by atoms with Crippen LogP contribution in [0.25, 0.3) is 0 Å². The smallest absolute Gasteiger partial charge is 0.163 e. The predicted molar refractivity (Wildman–Crippen MR) is 70.4 cm³/mol. The van der Waals surface area contributed by atoms with Crippen molar-refractivity contribution in [1.29, 1.82) is 0 Å². The highest BCUT2D eigenvalue weighted by Gasteiger charge is 2.06. The van der Waals surface area contributed by atoms with Crippen molar-refractivity contribution in [3.8, 4) is 0 Å². The van der Waals surface area contributed by atoms with Crippen LogP contribution in [0, 0.1) is 5.82 Å². The van der Waals surface area contributed by atoms with Gasteiger partial charge < -0.3 is 0 Å². The van der Waals surface area contributed by atoms with Gasteiger partial charge in [-0.25, -0.2) is 4.39 Å². The van der Waals surface area contributed by atoms with E-state index >= 15 is 0 Å². The summed E-state index contributed by atoms with van der Waals surface area (Å²) in [6, 6.07) is 9.74. The van der Waals surface area contributed by atoms with E-state index in [0.717, 1.165) is 5.75 Å². The van der Waals surface area contributed by atoms with E-state index in [9.17, 15) is 9.18 Å². The van der Waals surface area contributed by atoms with Crippen LogP contribution in [0.5, 0.6) is 0 Å². The molecule has 4 heteroatoms. The molecule has 0 spiro atoms. The Morgan fingerprint density at radius 2 is 2.00 bits per heavy atom. The molecule has 0 aliphatic heterocycles. The average Bonchev–Trinajstić information content (AvgIpc) is 2.83. The van der Waals surface area contributed by atoms with Crippen molar-refractivity contribution >= 4 is 28.9 Å². The second-order valence-corrected chi connectivity index (χ2v) is 5.80. The van der Waals surface area contributed by atoms with Gasteiger partial charge in [-0.05, 0) is 35.7 Å². The zero-order valence-corrected chi connectivity index (χ0v) is 10.7. The Balaban J connectivity index is 1.83. The summed E-state index contributed by atoms with van der Waals surface area (Å²) in [4.78, 5) is 11.8. The number of ketones is 1. The Bertz CT molecular complexity index is 477. The summed E-state index contributed by atoms with van der Waals surface area (Å²) in [6.07, 6.45) is 0.480. The summed E-state index contributed by atoms with van der Waals surface area (Å²) in [6.45, 7) is 0. The number of halogens is 1. The number of carbonyl (C=O) groups is 1. The second kappa shape index (κ2) is 5.98. The lowest BCUT2D eigenvalue weighted by atomic mass is 10.1. The van der Waals surface area contributed by atoms with Crippen LogP contribution >= 0.6 is 23.1 Å². The molecule has 0 bridgehead atoms. The maximum Gasteiger partial charge on any atom is 0.163 e. The molecule has 0 saturated heterocycles. The van der Waals surface area contributed by atoms with Crippen molar-refractivity contribution < 1.29 is 9.18 Å². The molecule has 0 saturated carbocycles. The van der Waals surface area contributed by atoms with Crippen LogP contribution in [0.3, 0.4) is 0 Å². The lowest BCUT2D eigenvalue weighted by Crippen LogP contribution is -2.00. The summed E-state index contributed by atoms with van der Waals surface area (Å²) >= 11 is 3.35. The summed E-state index contributed by atoms with van der Waals surface area (Å²) < 4.78 is 13.9. The van der Waals surface area contributed by atoms with Gasteiger partial charge in [0.05, 0.1) is 4.21 Å². The molecule has 1 nitrogen and oxygen atoms in total. The van der Waals surface area contributed by atoms with E-state index in [2.05, 4.69) is 0 Å². The molecule has 0 unspecified atom stereocenters. The molecule has 0 N–H and O–H groups in total. The molecule has 0 aliphatic carbocycles. The third kappa shape index (κ3) is 3.68. The number of carbonyl (C=O) groups excluding carboxylic acids is 1. The van der Waals surface area contributed by atoms with Gasteiger partial charge >= 0.3 is 0 Å². The molecule has 88 valence electrons. The third-order valence-corrected chi connectivity index (χ3v) is 4.37. The Labute approximate surface area is 108 Å². The van der Waals surface area contributed by atoms with E-state index in [0.29, 0.717) is 12.0 Å². The monoisotopic (exact) mass is 266 g/mol. The highest BCUT2D eigenvalue weighted by Crippen LogP contribution is 2.24. The number of benzene rings is 1. The van der Waals surface area contributed by atoms with Crippen LogP contribution in [-0.2, 0) is 0 Å². The Hall–Kier alpha value is -1.13. The van der Waals surface area contributed by atoms with Gasteiger partial charge in [-0.15, -0.1) is 23.1 Å². The Morgan fingerprint density at radius 3 is 2.65 bits per heavy atom. The molecule has 0 aliphatic rings. The van der Waals surface area contributed by atoms with Gasteiger partial charge in [0.25, 0.3) is 0 Å². The molecule has 0 amide bonds. The van der Waals surface area contributed by atoms with Crippen LogP contribution in [0.4, 0.5) is 4.39 Å². The minimum atomic E-state index is -0.311. The van der Waals surface area contributed by atoms with Gasteiger partial charge in [-0.1, -0.05) is 6.07 Å². The lowest BCUT2D eigenvalue weighted by Gasteiger charge is -2.00. The normalized spacial score (nSPS) is 10.4. The highest BCUT2D eigenvalue weighted by atomic mass is 32.2. The fraction of sp³-hybridized carbons (Fsp3) is 0.154. The van der Waals surface area contributed by atoms with Crippen LogP contribution in [0.1, 0.15) is 16.8 Å². The maximum absolute atomic E-state index is 12.7. The standard InChI is InChI=1S/C13H11FOS2/c14-11-5-3-10(4-6-11)12(15)7-9-17-13-2-1-8-16-13/h1-6,8H,7,9H2. The first-order valence-electron chi connectivity index (χ1n) is 5.21. The molecule has 1 aromatic carbocycles. The van der Waals surface area contributed by atoms with E-state index in [-0.39, 0.29) is 11.6 Å². The minimum Gasteiger partial charge on any atom is -0.294 e. The molecule has 0 atom stereocenters. The zero-order valence-electron chi connectivity index (χ0n) is 9.06. The summed E-state index contributed by atoms with van der Waals surface area (Å²) in [5, 5.41) is 2.02. The molecular weight excluding hydrogens is 255 g/mol. The van der Waals surface area contributed by atoms with Gasteiger partial charge in [0.2, 0.25) is 0 Å². The number of hydrogen-bond acceptors (Lipinski definition) is 3. The van der Waals surface area contributed by atoms with Crippen molar-refractivity contribution in [2.24, 2.45) is 0 Å². The molecule has 1 aromatic heterocycles. The molecule has 17 heavy (non-hydrogen) atoms. The second-order valence-electron chi connectivity index (χ2n) is 3.46. The van der Waals surface area contributed by atoms with E-state index in [4.69, 9.17) is 0 Å². The Morgan fingerprint density at radius 1 is 1.24 bits per heavy atom. The summed E-state index contributed by atoms with van der Waals surface area (Å²) in [7, 11) is 0. The van der Waals surface area contributed by atoms with Crippen molar-refractivity contribution in [2.75, 3.05) is 5.75 Å². The van der Waals surface area contributed by atoms with Crippen molar-refractivity contribution in [3.63, 3.8) is 0 Å². The SMILES string of the molecule is O=C(CCSc1cccs1)c1ccc(F)cc1. The van der Waals surface area contributed by atoms with Gasteiger partial charge in [0, 0.05) is 17.7 Å². The molecular formula is C13H11FOS2. The van der Waals surface area contributed by atoms with E-state index in [1.807, 2.05) is 17.5 Å². The fourth-order valence-corrected chi connectivity index (χ4v) is 3.17. The highest BCUT2D eigenvalue weighted by molar-refractivity contribution is 8.01. The van der Waals surface area contributed by atoms with Gasteiger partial charge in [0.15, 0.2) is 5.78 Å². The number of Topliss-reactive ketones (excluding diaryl/α,β-unsaturated/α-hetero) is 1. The van der Waals surface area contributed by atoms with Crippen molar-refractivity contribution in [3.05, 3.63) is 53.2 Å². The van der Waals surface area contributed by atoms with Crippen LogP contribution < -0.4 is 0 Å². The average molecular weight is 266 g/mol. The van der Waals surface area contributed by atoms with Crippen LogP contribution in [0.15, 0.2) is 46.0 Å². The van der Waals surface area contributed by atoms with Crippen LogP contribution in [0.2, 0.25) is 0 Å². The molecule has 2 aromatic rings. The van der Waals surface area contributed by atoms with E-state index in [1.165, 1.54) is 28.5 Å². The first-order chi connectivity index (χ1) is 8.25. The number of rotatable bonds is 5. The number of thiophene rings is 1. The fourth-order valence-electron chi connectivity index (χ4n) is 1.37. The van der Waals surface area contributed by atoms with Crippen molar-refractivity contribution in [1.82, 2.24) is 0 Å².